The van der Waals surface area contributed by atoms with Crippen molar-refractivity contribution in [3.63, 3.8) is 0 Å². The van der Waals surface area contributed by atoms with E-state index in [2.05, 4.69) is 15.6 Å². The molecule has 0 unspecified atom stereocenters. The number of para-hydroxylation sites is 1. The fraction of sp³-hybridized carbons (Fsp3) is 0.160. The third-order valence-corrected chi connectivity index (χ3v) is 4.83. The number of benzene rings is 2. The summed E-state index contributed by atoms with van der Waals surface area (Å²) in [5.41, 5.74) is 5.33. The van der Waals surface area contributed by atoms with Crippen LogP contribution in [0.4, 0.5) is 15.8 Å². The first-order chi connectivity index (χ1) is 14.5. The summed E-state index contributed by atoms with van der Waals surface area (Å²) in [6.07, 6.45) is 6.42. The third-order valence-electron chi connectivity index (χ3n) is 4.83. The van der Waals surface area contributed by atoms with E-state index in [1.54, 1.807) is 30.3 Å². The van der Waals surface area contributed by atoms with Gasteiger partial charge in [0.25, 0.3) is 5.91 Å². The number of hydrogen-bond acceptors (Lipinski definition) is 2. The Morgan fingerprint density at radius 2 is 1.77 bits per heavy atom. The molecule has 1 aromatic heterocycles. The Balaban J connectivity index is 1.87. The molecule has 3 rings (SSSR count). The zero-order valence-electron chi connectivity index (χ0n) is 17.4. The van der Waals surface area contributed by atoms with Crippen LogP contribution < -0.4 is 10.6 Å². The molecule has 0 fully saturated rings. The number of halogens is 1. The molecule has 4 nitrogen and oxygen atoms in total. The van der Waals surface area contributed by atoms with Crippen molar-refractivity contribution in [3.8, 4) is 0 Å². The summed E-state index contributed by atoms with van der Waals surface area (Å²) in [7, 11) is 0. The van der Waals surface area contributed by atoms with Gasteiger partial charge < -0.3 is 15.6 Å². The minimum absolute atomic E-state index is 0.158. The van der Waals surface area contributed by atoms with Crippen molar-refractivity contribution < 1.29 is 9.18 Å². The van der Waals surface area contributed by atoms with Gasteiger partial charge in [0.05, 0.1) is 11.4 Å². The first kappa shape index (κ1) is 21.1. The molecular formula is C25H26FN3O. The van der Waals surface area contributed by atoms with E-state index in [9.17, 15) is 9.18 Å². The van der Waals surface area contributed by atoms with Crippen LogP contribution in [0.15, 0.2) is 72.4 Å². The highest BCUT2D eigenvalue weighted by Gasteiger charge is 2.15. The molecule has 5 heteroatoms. The van der Waals surface area contributed by atoms with Gasteiger partial charge in [-0.1, -0.05) is 43.3 Å². The second kappa shape index (κ2) is 9.74. The molecule has 3 aromatic rings. The van der Waals surface area contributed by atoms with Crippen LogP contribution in [0.2, 0.25) is 0 Å². The van der Waals surface area contributed by atoms with Gasteiger partial charge in [-0.15, -0.1) is 0 Å². The van der Waals surface area contributed by atoms with Crippen LogP contribution in [-0.2, 0) is 6.42 Å². The molecule has 0 aliphatic heterocycles. The minimum Gasteiger partial charge on any atom is -0.360 e. The van der Waals surface area contributed by atoms with Crippen molar-refractivity contribution in [2.75, 3.05) is 10.6 Å². The lowest BCUT2D eigenvalue weighted by Gasteiger charge is -2.09. The smallest absolute Gasteiger partial charge is 0.255 e. The molecule has 2 aromatic carbocycles. The van der Waals surface area contributed by atoms with E-state index in [-0.39, 0.29) is 11.7 Å². The van der Waals surface area contributed by atoms with Crippen LogP contribution >= 0.6 is 0 Å². The van der Waals surface area contributed by atoms with Gasteiger partial charge in [0.2, 0.25) is 0 Å². The van der Waals surface area contributed by atoms with Gasteiger partial charge in [-0.2, -0.15) is 0 Å². The maximum Gasteiger partial charge on any atom is 0.255 e. The van der Waals surface area contributed by atoms with Gasteiger partial charge in [-0.05, 0) is 56.7 Å². The number of nitrogens with one attached hydrogen (secondary N) is 3. The van der Waals surface area contributed by atoms with E-state index in [1.807, 2.05) is 57.2 Å². The molecule has 30 heavy (non-hydrogen) atoms. The van der Waals surface area contributed by atoms with Gasteiger partial charge in [0, 0.05) is 28.2 Å². The second-order valence-electron chi connectivity index (χ2n) is 6.87. The fourth-order valence-electron chi connectivity index (χ4n) is 3.20. The quantitative estimate of drug-likeness (QED) is 0.405. The van der Waals surface area contributed by atoms with E-state index in [4.69, 9.17) is 0 Å². The Hall–Kier alpha value is -3.60. The molecule has 0 bridgehead atoms. The summed E-state index contributed by atoms with van der Waals surface area (Å²) in [5.74, 6) is -0.471. The number of amides is 1. The average molecular weight is 404 g/mol. The molecule has 0 radical (unpaired) electrons. The van der Waals surface area contributed by atoms with Crippen molar-refractivity contribution in [3.05, 3.63) is 101 Å². The molecule has 0 atom stereocenters. The van der Waals surface area contributed by atoms with Gasteiger partial charge in [0.15, 0.2) is 0 Å². The number of aromatic nitrogens is 1. The van der Waals surface area contributed by atoms with Crippen molar-refractivity contribution >= 4 is 23.4 Å². The van der Waals surface area contributed by atoms with E-state index >= 15 is 0 Å². The second-order valence-corrected chi connectivity index (χ2v) is 6.87. The third kappa shape index (κ3) is 4.87. The van der Waals surface area contributed by atoms with E-state index in [1.165, 1.54) is 6.07 Å². The maximum absolute atomic E-state index is 14.0. The van der Waals surface area contributed by atoms with Crippen LogP contribution in [0, 0.1) is 12.7 Å². The Labute approximate surface area is 176 Å². The number of carbonyl (C=O) groups excluding carboxylic acids is 1. The zero-order valence-corrected chi connectivity index (χ0v) is 17.4. The number of H-pyrrole nitrogens is 1. The molecule has 0 spiro atoms. The molecule has 3 N–H and O–H groups in total. The van der Waals surface area contributed by atoms with Crippen molar-refractivity contribution in [2.24, 2.45) is 0 Å². The highest BCUT2D eigenvalue weighted by molar-refractivity contribution is 6.05. The van der Waals surface area contributed by atoms with Crippen LogP contribution in [0.1, 0.15) is 41.2 Å². The highest BCUT2D eigenvalue weighted by Crippen LogP contribution is 2.28. The normalized spacial score (nSPS) is 11.7. The Kier molecular flexibility index (Phi) is 6.86. The Bertz CT molecular complexity index is 1080. The summed E-state index contributed by atoms with van der Waals surface area (Å²) in [5, 5.41) is 6.14. The summed E-state index contributed by atoms with van der Waals surface area (Å²) >= 11 is 0. The number of anilines is 2. The molecule has 0 aliphatic carbocycles. The van der Waals surface area contributed by atoms with Gasteiger partial charge >= 0.3 is 0 Å². The molecule has 0 saturated heterocycles. The molecule has 0 saturated carbocycles. The number of hydrogen-bond donors (Lipinski definition) is 3. The lowest BCUT2D eigenvalue weighted by atomic mass is 10.1. The van der Waals surface area contributed by atoms with Crippen molar-refractivity contribution in [1.29, 1.82) is 0 Å². The van der Waals surface area contributed by atoms with Gasteiger partial charge in [0.1, 0.15) is 5.82 Å². The lowest BCUT2D eigenvalue weighted by Crippen LogP contribution is -2.13. The van der Waals surface area contributed by atoms with Gasteiger partial charge in [-0.3, -0.25) is 4.79 Å². The van der Waals surface area contributed by atoms with Crippen LogP contribution in [0.5, 0.6) is 0 Å². The minimum atomic E-state index is -0.313. The van der Waals surface area contributed by atoms with Crippen molar-refractivity contribution in [2.45, 2.75) is 27.2 Å². The standard InChI is InChI=1S/C25H26FN3O/c1-4-19(28-23-14-10-9-13-21(23)26)15-16-20-17(3)27-22(5-2)24(20)29-25(30)18-11-7-6-8-12-18/h4,6-16,27-28H,5H2,1-3H3,(H,29,30)/b16-15-,19-4-. The molecule has 1 amide bonds. The predicted molar refractivity (Wildman–Crippen MR) is 122 cm³/mol. The first-order valence-corrected chi connectivity index (χ1v) is 9.97. The summed E-state index contributed by atoms with van der Waals surface area (Å²) in [4.78, 5) is 16.1. The predicted octanol–water partition coefficient (Wildman–Crippen LogP) is 6.31. The topological polar surface area (TPSA) is 56.9 Å². The number of allylic oxidation sites excluding steroid dienone is 2. The summed E-state index contributed by atoms with van der Waals surface area (Å²) in [6.45, 7) is 5.89. The molecule has 154 valence electrons. The summed E-state index contributed by atoms with van der Waals surface area (Å²) < 4.78 is 14.0. The number of aromatic amines is 1. The average Bonchev–Trinajstić information content (AvgIpc) is 3.07. The van der Waals surface area contributed by atoms with Crippen LogP contribution in [0.3, 0.4) is 0 Å². The van der Waals surface area contributed by atoms with Crippen LogP contribution in [-0.4, -0.2) is 10.9 Å². The SMILES string of the molecule is C/C=C(/C=C\c1c(C)[nH]c(CC)c1NC(=O)c1ccccc1)Nc1ccccc1F. The molecule has 1 heterocycles. The largest absolute Gasteiger partial charge is 0.360 e. The molecular weight excluding hydrogens is 377 g/mol. The van der Waals surface area contributed by atoms with E-state index in [0.29, 0.717) is 11.3 Å². The molecule has 0 aliphatic rings. The van der Waals surface area contributed by atoms with Crippen LogP contribution in [0.25, 0.3) is 6.08 Å². The maximum atomic E-state index is 14.0. The Morgan fingerprint density at radius 3 is 2.43 bits per heavy atom. The Morgan fingerprint density at radius 1 is 1.07 bits per heavy atom. The van der Waals surface area contributed by atoms with E-state index in [0.717, 1.165) is 34.8 Å². The highest BCUT2D eigenvalue weighted by atomic mass is 19.1. The fourth-order valence-corrected chi connectivity index (χ4v) is 3.20. The monoisotopic (exact) mass is 403 g/mol. The number of carbonyl (C=O) groups is 1. The first-order valence-electron chi connectivity index (χ1n) is 9.97. The lowest BCUT2D eigenvalue weighted by molar-refractivity contribution is 0.102. The zero-order chi connectivity index (χ0) is 21.5. The summed E-state index contributed by atoms with van der Waals surface area (Å²) in [6, 6.07) is 15.7. The number of rotatable bonds is 7. The number of aryl methyl sites for hydroxylation is 2. The van der Waals surface area contributed by atoms with Gasteiger partial charge in [-0.25, -0.2) is 4.39 Å². The van der Waals surface area contributed by atoms with E-state index < -0.39 is 0 Å². The van der Waals surface area contributed by atoms with Crippen molar-refractivity contribution in [1.82, 2.24) is 4.98 Å².